The molecule has 0 fully saturated rings. The van der Waals surface area contributed by atoms with Crippen LogP contribution in [0.25, 0.3) is 0 Å². The Labute approximate surface area is 52.0 Å². The summed E-state index contributed by atoms with van der Waals surface area (Å²) in [6, 6.07) is -0.377. The highest BCUT2D eigenvalue weighted by Gasteiger charge is 1.89. The van der Waals surface area contributed by atoms with Crippen LogP contribution in [0.1, 0.15) is 0 Å². The summed E-state index contributed by atoms with van der Waals surface area (Å²) in [5.74, 6) is 0. The third-order valence-corrected chi connectivity index (χ3v) is 0.712. The minimum atomic E-state index is -0.377. The van der Waals surface area contributed by atoms with Crippen molar-refractivity contribution in [3.05, 3.63) is 12.4 Å². The van der Waals surface area contributed by atoms with Gasteiger partial charge in [0, 0.05) is 18.6 Å². The van der Waals surface area contributed by atoms with Crippen LogP contribution < -0.4 is 5.32 Å². The molecule has 4 nitrogen and oxygen atoms in total. The van der Waals surface area contributed by atoms with Crippen molar-refractivity contribution in [3.8, 4) is 0 Å². The molecule has 0 unspecified atom stereocenters. The molecule has 9 heavy (non-hydrogen) atoms. The highest BCUT2D eigenvalue weighted by Crippen LogP contribution is 1.77. The number of aliphatic imine (C=N–C) groups is 2. The molecule has 0 bridgehead atoms. The van der Waals surface area contributed by atoms with Crippen LogP contribution in [0, 0.1) is 0 Å². The van der Waals surface area contributed by atoms with E-state index < -0.39 is 0 Å². The van der Waals surface area contributed by atoms with Crippen molar-refractivity contribution >= 4 is 18.5 Å². The lowest BCUT2D eigenvalue weighted by molar-refractivity contribution is 0.252. The van der Waals surface area contributed by atoms with Gasteiger partial charge in [-0.2, -0.15) is 0 Å². The molecule has 0 aliphatic carbocycles. The molecule has 0 aromatic carbocycles. The largest absolute Gasteiger partial charge is 0.344 e. The van der Waals surface area contributed by atoms with Gasteiger partial charge in [-0.3, -0.25) is 4.99 Å². The SMILES string of the molecule is O=C1\N=C/C=N\C=C/N1. The van der Waals surface area contributed by atoms with Gasteiger partial charge in [-0.25, -0.2) is 9.79 Å². The van der Waals surface area contributed by atoms with Crippen molar-refractivity contribution in [1.82, 2.24) is 5.32 Å². The monoisotopic (exact) mass is 123 g/mol. The van der Waals surface area contributed by atoms with E-state index >= 15 is 0 Å². The maximum Gasteiger partial charge on any atom is 0.344 e. The topological polar surface area (TPSA) is 53.8 Å². The standard InChI is InChI=1S/C5H5N3O/c9-5-7-3-1-6-2-4-8-5/h1-4H,(H,7,8,9). The van der Waals surface area contributed by atoms with Gasteiger partial charge in [0.05, 0.1) is 6.21 Å². The fraction of sp³-hybridized carbons (Fsp3) is 0. The molecule has 0 spiro atoms. The summed E-state index contributed by atoms with van der Waals surface area (Å²) < 4.78 is 0. The normalized spacial score (nSPS) is 27.3. The minimum Gasteiger partial charge on any atom is -0.311 e. The summed E-state index contributed by atoms with van der Waals surface area (Å²) in [6.07, 6.45) is 5.67. The quantitative estimate of drug-likeness (QED) is 0.495. The van der Waals surface area contributed by atoms with Gasteiger partial charge in [-0.05, 0) is 0 Å². The minimum absolute atomic E-state index is 0.377. The Morgan fingerprint density at radius 3 is 3.22 bits per heavy atom. The van der Waals surface area contributed by atoms with Gasteiger partial charge in [0.15, 0.2) is 0 Å². The molecule has 0 aromatic heterocycles. The van der Waals surface area contributed by atoms with Crippen molar-refractivity contribution in [2.45, 2.75) is 0 Å². The van der Waals surface area contributed by atoms with Crippen LogP contribution in [0.15, 0.2) is 22.4 Å². The molecule has 0 atom stereocenters. The van der Waals surface area contributed by atoms with Gasteiger partial charge in [0.25, 0.3) is 0 Å². The number of nitrogens with zero attached hydrogens (tertiary/aromatic N) is 2. The number of hydrogen-bond donors (Lipinski definition) is 1. The average Bonchev–Trinajstić information content (AvgIpc) is 1.79. The molecule has 1 heterocycles. The fourth-order valence-corrected chi connectivity index (χ4v) is 0.378. The van der Waals surface area contributed by atoms with E-state index in [-0.39, 0.29) is 6.03 Å². The van der Waals surface area contributed by atoms with E-state index in [9.17, 15) is 4.79 Å². The van der Waals surface area contributed by atoms with Crippen molar-refractivity contribution in [2.75, 3.05) is 0 Å². The molecule has 1 aliphatic rings. The summed E-state index contributed by atoms with van der Waals surface area (Å²) in [5, 5.41) is 2.35. The maximum atomic E-state index is 10.4. The lowest BCUT2D eigenvalue weighted by Crippen LogP contribution is -2.12. The van der Waals surface area contributed by atoms with Gasteiger partial charge in [0.2, 0.25) is 0 Å². The summed E-state index contributed by atoms with van der Waals surface area (Å²) in [7, 11) is 0. The Bertz CT molecular complexity index is 192. The molecule has 46 valence electrons. The maximum absolute atomic E-state index is 10.4. The molecule has 0 radical (unpaired) electrons. The average molecular weight is 123 g/mol. The summed E-state index contributed by atoms with van der Waals surface area (Å²) in [5.41, 5.74) is 0. The van der Waals surface area contributed by atoms with Crippen LogP contribution in [0.3, 0.4) is 0 Å². The number of carbonyl (C=O) groups is 1. The van der Waals surface area contributed by atoms with E-state index in [0.717, 1.165) is 0 Å². The van der Waals surface area contributed by atoms with Gasteiger partial charge >= 0.3 is 6.03 Å². The number of carbonyl (C=O) groups excluding carboxylic acids is 1. The van der Waals surface area contributed by atoms with Crippen molar-refractivity contribution in [3.63, 3.8) is 0 Å². The fourth-order valence-electron chi connectivity index (χ4n) is 0.378. The van der Waals surface area contributed by atoms with Crippen molar-refractivity contribution < 1.29 is 4.79 Å². The van der Waals surface area contributed by atoms with Crippen LogP contribution >= 0.6 is 0 Å². The van der Waals surface area contributed by atoms with Gasteiger partial charge in [-0.15, -0.1) is 0 Å². The molecule has 0 saturated carbocycles. The number of nitrogens with one attached hydrogen (secondary N) is 1. The lowest BCUT2D eigenvalue weighted by Gasteiger charge is -1.90. The highest BCUT2D eigenvalue weighted by molar-refractivity contribution is 6.19. The number of urea groups is 1. The van der Waals surface area contributed by atoms with Crippen molar-refractivity contribution in [2.24, 2.45) is 9.98 Å². The molecule has 0 aromatic rings. The molecule has 1 aliphatic heterocycles. The van der Waals surface area contributed by atoms with E-state index in [2.05, 4.69) is 15.3 Å². The first-order valence-corrected chi connectivity index (χ1v) is 2.41. The predicted octanol–water partition coefficient (Wildman–Crippen LogP) is 0.322. The van der Waals surface area contributed by atoms with Crippen LogP contribution in [0.2, 0.25) is 0 Å². The zero-order valence-electron chi connectivity index (χ0n) is 4.61. The molecule has 4 heteroatoms. The van der Waals surface area contributed by atoms with Crippen LogP contribution in [-0.2, 0) is 0 Å². The Morgan fingerprint density at radius 1 is 1.44 bits per heavy atom. The van der Waals surface area contributed by atoms with Crippen LogP contribution in [-0.4, -0.2) is 18.5 Å². The van der Waals surface area contributed by atoms with Crippen LogP contribution in [0.5, 0.6) is 0 Å². The van der Waals surface area contributed by atoms with E-state index in [1.807, 2.05) is 0 Å². The first-order chi connectivity index (χ1) is 4.39. The molecular formula is C5H5N3O. The zero-order chi connectivity index (χ0) is 6.53. The second-order valence-electron chi connectivity index (χ2n) is 1.34. The lowest BCUT2D eigenvalue weighted by atomic mass is 10.7. The highest BCUT2D eigenvalue weighted by atomic mass is 16.2. The second kappa shape index (κ2) is 2.76. The zero-order valence-corrected chi connectivity index (χ0v) is 4.61. The Balaban J connectivity index is 2.70. The summed E-state index contributed by atoms with van der Waals surface area (Å²) in [6.45, 7) is 0. The second-order valence-corrected chi connectivity index (χ2v) is 1.34. The molecular weight excluding hydrogens is 118 g/mol. The van der Waals surface area contributed by atoms with Crippen molar-refractivity contribution in [1.29, 1.82) is 0 Å². The summed E-state index contributed by atoms with van der Waals surface area (Å²) in [4.78, 5) is 17.5. The number of amides is 2. The number of hydrogen-bond acceptors (Lipinski definition) is 2. The third-order valence-electron chi connectivity index (χ3n) is 0.712. The Morgan fingerprint density at radius 2 is 2.33 bits per heavy atom. The first-order valence-electron chi connectivity index (χ1n) is 2.41. The summed E-state index contributed by atoms with van der Waals surface area (Å²) >= 11 is 0. The van der Waals surface area contributed by atoms with E-state index in [1.54, 1.807) is 0 Å². The number of rotatable bonds is 0. The smallest absolute Gasteiger partial charge is 0.311 e. The predicted molar refractivity (Wildman–Crippen MR) is 34.7 cm³/mol. The van der Waals surface area contributed by atoms with E-state index in [0.29, 0.717) is 0 Å². The van der Waals surface area contributed by atoms with Gasteiger partial charge in [-0.1, -0.05) is 0 Å². The molecule has 1 rings (SSSR count). The molecule has 0 saturated heterocycles. The van der Waals surface area contributed by atoms with Crippen LogP contribution in [0.4, 0.5) is 4.79 Å². The van der Waals surface area contributed by atoms with Gasteiger partial charge in [0.1, 0.15) is 0 Å². The molecule has 2 amide bonds. The van der Waals surface area contributed by atoms with E-state index in [4.69, 9.17) is 0 Å². The molecule has 1 N–H and O–H groups in total. The van der Waals surface area contributed by atoms with Gasteiger partial charge < -0.3 is 5.32 Å². The Hall–Kier alpha value is -1.45. The van der Waals surface area contributed by atoms with E-state index in [1.165, 1.54) is 24.8 Å². The third kappa shape index (κ3) is 1.85. The Kier molecular flexibility index (Phi) is 1.74. The first kappa shape index (κ1) is 5.68.